The van der Waals surface area contributed by atoms with Crippen LogP contribution in [0.5, 0.6) is 0 Å². The molecule has 0 spiro atoms. The zero-order valence-corrected chi connectivity index (χ0v) is 17.7. The summed E-state index contributed by atoms with van der Waals surface area (Å²) in [4.78, 5) is 21.5. The number of carbonyl (C=O) groups excluding carboxylic acids is 2. The van der Waals surface area contributed by atoms with Crippen LogP contribution in [0.2, 0.25) is 0 Å². The van der Waals surface area contributed by atoms with Crippen molar-refractivity contribution in [2.45, 2.75) is 81.1 Å². The SMILES string of the molecule is CCC(C)C(C)(CC)C(=O)[O-].CCC(C)C(C)(CC)C(=O)[O-].[Mg+2]. The molecule has 0 aliphatic rings. The van der Waals surface area contributed by atoms with Crippen LogP contribution in [0.4, 0.5) is 0 Å². The van der Waals surface area contributed by atoms with Gasteiger partial charge in [0.15, 0.2) is 0 Å². The Labute approximate surface area is 158 Å². The number of carboxylic acids is 2. The van der Waals surface area contributed by atoms with Crippen molar-refractivity contribution in [2.24, 2.45) is 22.7 Å². The van der Waals surface area contributed by atoms with Gasteiger partial charge in [0.05, 0.1) is 0 Å². The zero-order valence-electron chi connectivity index (χ0n) is 16.3. The van der Waals surface area contributed by atoms with Gasteiger partial charge in [-0.3, -0.25) is 0 Å². The van der Waals surface area contributed by atoms with Gasteiger partial charge in [0.1, 0.15) is 0 Å². The third-order valence-corrected chi connectivity index (χ3v) is 5.80. The van der Waals surface area contributed by atoms with Gasteiger partial charge in [0, 0.05) is 22.8 Å². The molecule has 0 N–H and O–H groups in total. The van der Waals surface area contributed by atoms with Gasteiger partial charge >= 0.3 is 23.1 Å². The molecule has 0 aromatic carbocycles. The molecule has 0 aromatic heterocycles. The zero-order chi connectivity index (χ0) is 18.1. The molecule has 0 heterocycles. The molecule has 4 atom stereocenters. The van der Waals surface area contributed by atoms with Crippen molar-refractivity contribution in [3.8, 4) is 0 Å². The normalized spacial score (nSPS) is 18.1. The number of aliphatic carboxylic acids is 2. The third-order valence-electron chi connectivity index (χ3n) is 5.80. The Bertz CT molecular complexity index is 325. The van der Waals surface area contributed by atoms with E-state index >= 15 is 0 Å². The Hall–Kier alpha value is -0.294. The minimum absolute atomic E-state index is 0. The van der Waals surface area contributed by atoms with E-state index in [0.29, 0.717) is 12.8 Å². The van der Waals surface area contributed by atoms with E-state index in [2.05, 4.69) is 0 Å². The van der Waals surface area contributed by atoms with E-state index in [1.165, 1.54) is 0 Å². The molecule has 0 rings (SSSR count). The summed E-state index contributed by atoms with van der Waals surface area (Å²) in [6, 6.07) is 0. The second-order valence-electron chi connectivity index (χ2n) is 6.74. The summed E-state index contributed by atoms with van der Waals surface area (Å²) in [5.41, 5.74) is -1.29. The predicted molar refractivity (Wildman–Crippen MR) is 91.5 cm³/mol. The molecular formula is C18H34MgO4. The summed E-state index contributed by atoms with van der Waals surface area (Å²) in [5, 5.41) is 21.5. The molecule has 0 aliphatic heterocycles. The Balaban J connectivity index is -0.000000333. The second kappa shape index (κ2) is 12.1. The van der Waals surface area contributed by atoms with Crippen LogP contribution < -0.4 is 10.2 Å². The maximum atomic E-state index is 10.7. The fourth-order valence-electron chi connectivity index (χ4n) is 2.29. The van der Waals surface area contributed by atoms with Crippen molar-refractivity contribution in [3.05, 3.63) is 0 Å². The average molecular weight is 339 g/mol. The Kier molecular flexibility index (Phi) is 14.5. The van der Waals surface area contributed by atoms with E-state index < -0.39 is 22.8 Å². The predicted octanol–water partition coefficient (Wildman–Crippen LogP) is 2.02. The van der Waals surface area contributed by atoms with Crippen LogP contribution in [-0.2, 0) is 9.59 Å². The summed E-state index contributed by atoms with van der Waals surface area (Å²) in [7, 11) is 0. The Morgan fingerprint density at radius 2 is 1.00 bits per heavy atom. The molecule has 132 valence electrons. The quantitative estimate of drug-likeness (QED) is 0.634. The van der Waals surface area contributed by atoms with Crippen molar-refractivity contribution in [1.29, 1.82) is 0 Å². The maximum Gasteiger partial charge on any atom is 2.00 e. The molecule has 0 aromatic rings. The van der Waals surface area contributed by atoms with E-state index in [0.717, 1.165) is 12.8 Å². The van der Waals surface area contributed by atoms with Crippen LogP contribution >= 0.6 is 0 Å². The molecule has 4 unspecified atom stereocenters. The fourth-order valence-corrected chi connectivity index (χ4v) is 2.29. The van der Waals surface area contributed by atoms with Gasteiger partial charge in [-0.2, -0.15) is 0 Å². The first-order valence-corrected chi connectivity index (χ1v) is 8.40. The number of rotatable bonds is 8. The van der Waals surface area contributed by atoms with Gasteiger partial charge in [0.2, 0.25) is 0 Å². The molecule has 0 radical (unpaired) electrons. The first kappa shape index (κ1) is 27.5. The topological polar surface area (TPSA) is 80.3 Å². The molecular weight excluding hydrogens is 304 g/mol. The number of carbonyl (C=O) groups is 2. The molecule has 0 saturated heterocycles. The molecule has 0 aliphatic carbocycles. The number of hydrogen-bond donors (Lipinski definition) is 0. The largest absolute Gasteiger partial charge is 2.00 e. The molecule has 0 fully saturated rings. The third kappa shape index (κ3) is 7.42. The van der Waals surface area contributed by atoms with Crippen LogP contribution in [0.15, 0.2) is 0 Å². The summed E-state index contributed by atoms with van der Waals surface area (Å²) < 4.78 is 0. The van der Waals surface area contributed by atoms with Crippen LogP contribution in [-0.4, -0.2) is 35.0 Å². The van der Waals surface area contributed by atoms with Crippen molar-refractivity contribution < 1.29 is 19.8 Å². The molecule has 5 heteroatoms. The summed E-state index contributed by atoms with van der Waals surface area (Å²) in [6.07, 6.45) is 3.06. The fraction of sp³-hybridized carbons (Fsp3) is 0.889. The molecule has 0 bridgehead atoms. The van der Waals surface area contributed by atoms with E-state index in [1.807, 2.05) is 41.5 Å². The van der Waals surface area contributed by atoms with Gasteiger partial charge < -0.3 is 19.8 Å². The van der Waals surface area contributed by atoms with Gasteiger partial charge in [-0.1, -0.05) is 68.2 Å². The van der Waals surface area contributed by atoms with E-state index in [1.54, 1.807) is 13.8 Å². The molecule has 23 heavy (non-hydrogen) atoms. The van der Waals surface area contributed by atoms with Gasteiger partial charge in [-0.15, -0.1) is 0 Å². The standard InChI is InChI=1S/2C9H18O2.Mg/c2*1-5-7(3)9(4,6-2)8(10)11;/h2*7H,5-6H2,1-4H3,(H,10,11);/q;;+2/p-2. The van der Waals surface area contributed by atoms with Crippen molar-refractivity contribution in [3.63, 3.8) is 0 Å². The first-order chi connectivity index (χ1) is 9.97. The minimum atomic E-state index is -0.922. The minimum Gasteiger partial charge on any atom is -0.550 e. The molecule has 0 amide bonds. The smallest absolute Gasteiger partial charge is 0.550 e. The van der Waals surface area contributed by atoms with E-state index in [9.17, 15) is 19.8 Å². The second-order valence-corrected chi connectivity index (χ2v) is 6.74. The number of hydrogen-bond acceptors (Lipinski definition) is 4. The van der Waals surface area contributed by atoms with Gasteiger partial charge in [0.25, 0.3) is 0 Å². The van der Waals surface area contributed by atoms with Crippen LogP contribution in [0.25, 0.3) is 0 Å². The van der Waals surface area contributed by atoms with Crippen molar-refractivity contribution >= 4 is 35.0 Å². The number of carboxylic acid groups (broad SMARTS) is 2. The Morgan fingerprint density at radius 1 is 0.783 bits per heavy atom. The van der Waals surface area contributed by atoms with Crippen molar-refractivity contribution in [2.75, 3.05) is 0 Å². The average Bonchev–Trinajstić information content (AvgIpc) is 2.51. The maximum absolute atomic E-state index is 10.7. The van der Waals surface area contributed by atoms with Crippen LogP contribution in [0.3, 0.4) is 0 Å². The molecule has 4 nitrogen and oxygen atoms in total. The summed E-state index contributed by atoms with van der Waals surface area (Å²) >= 11 is 0. The van der Waals surface area contributed by atoms with Crippen LogP contribution in [0, 0.1) is 22.7 Å². The van der Waals surface area contributed by atoms with Gasteiger partial charge in [-0.05, 0) is 24.7 Å². The monoisotopic (exact) mass is 338 g/mol. The summed E-state index contributed by atoms with van der Waals surface area (Å²) in [5.74, 6) is -1.46. The first-order valence-electron chi connectivity index (χ1n) is 8.40. The van der Waals surface area contributed by atoms with Crippen LogP contribution in [0.1, 0.15) is 81.1 Å². The van der Waals surface area contributed by atoms with Crippen molar-refractivity contribution in [1.82, 2.24) is 0 Å². The summed E-state index contributed by atoms with van der Waals surface area (Å²) in [6.45, 7) is 15.2. The van der Waals surface area contributed by atoms with E-state index in [-0.39, 0.29) is 34.9 Å². The molecule has 0 saturated carbocycles. The van der Waals surface area contributed by atoms with E-state index in [4.69, 9.17) is 0 Å². The van der Waals surface area contributed by atoms with Gasteiger partial charge in [-0.25, -0.2) is 0 Å². The Morgan fingerprint density at radius 3 is 1.04 bits per heavy atom.